The number of nitrogens with two attached hydrogens (primary N) is 1. The zero-order valence-corrected chi connectivity index (χ0v) is 8.72. The number of halogens is 1. The van der Waals surface area contributed by atoms with Gasteiger partial charge >= 0.3 is 0 Å². The van der Waals surface area contributed by atoms with Crippen molar-refractivity contribution in [3.63, 3.8) is 0 Å². The van der Waals surface area contributed by atoms with Crippen molar-refractivity contribution >= 4 is 21.7 Å². The number of nitrogen functional groups attached to an aromatic ring is 1. The van der Waals surface area contributed by atoms with Crippen LogP contribution in [-0.2, 0) is 0 Å². The van der Waals surface area contributed by atoms with Crippen molar-refractivity contribution in [3.05, 3.63) is 22.3 Å². The molecule has 66 valence electrons. The van der Waals surface area contributed by atoms with Gasteiger partial charge in [0, 0.05) is 22.3 Å². The zero-order valence-electron chi connectivity index (χ0n) is 7.13. The molecular formula is C8H12BrN3. The van der Waals surface area contributed by atoms with E-state index >= 15 is 0 Å². The molecule has 0 saturated heterocycles. The first-order valence-electron chi connectivity index (χ1n) is 3.73. The number of nitrogens with one attached hydrogen (secondary N) is 1. The minimum atomic E-state index is 0.231. The number of anilines is 1. The maximum Gasteiger partial charge on any atom is 0.128 e. The molecule has 1 rings (SSSR count). The van der Waals surface area contributed by atoms with Gasteiger partial charge in [0.1, 0.15) is 5.82 Å². The minimum absolute atomic E-state index is 0.231. The van der Waals surface area contributed by atoms with Crippen LogP contribution in [0.4, 0.5) is 5.82 Å². The molecule has 0 aromatic carbocycles. The van der Waals surface area contributed by atoms with Crippen LogP contribution in [0.5, 0.6) is 0 Å². The van der Waals surface area contributed by atoms with Gasteiger partial charge in [-0.1, -0.05) is 0 Å². The minimum Gasteiger partial charge on any atom is -0.383 e. The lowest BCUT2D eigenvalue weighted by Crippen LogP contribution is -2.14. The van der Waals surface area contributed by atoms with E-state index in [1.54, 1.807) is 6.20 Å². The molecule has 3 N–H and O–H groups in total. The summed E-state index contributed by atoms with van der Waals surface area (Å²) >= 11 is 3.35. The molecule has 0 bridgehead atoms. The summed E-state index contributed by atoms with van der Waals surface area (Å²) in [7, 11) is 1.89. The molecule has 1 aromatic rings. The third kappa shape index (κ3) is 1.95. The smallest absolute Gasteiger partial charge is 0.128 e. The van der Waals surface area contributed by atoms with Gasteiger partial charge in [0.2, 0.25) is 0 Å². The van der Waals surface area contributed by atoms with E-state index in [0.29, 0.717) is 5.82 Å². The highest BCUT2D eigenvalue weighted by Crippen LogP contribution is 2.21. The van der Waals surface area contributed by atoms with Crippen molar-refractivity contribution in [2.75, 3.05) is 12.8 Å². The van der Waals surface area contributed by atoms with E-state index in [1.165, 1.54) is 0 Å². The Kier molecular flexibility index (Phi) is 3.05. The largest absolute Gasteiger partial charge is 0.383 e. The second kappa shape index (κ2) is 3.87. The van der Waals surface area contributed by atoms with Crippen LogP contribution in [0.25, 0.3) is 0 Å². The van der Waals surface area contributed by atoms with Crippen molar-refractivity contribution in [2.45, 2.75) is 13.0 Å². The first-order valence-corrected chi connectivity index (χ1v) is 4.52. The molecule has 1 heterocycles. The molecule has 3 nitrogen and oxygen atoms in total. The Morgan fingerprint density at radius 2 is 2.33 bits per heavy atom. The number of aromatic nitrogens is 1. The summed E-state index contributed by atoms with van der Waals surface area (Å²) in [5, 5.41) is 3.11. The molecule has 0 radical (unpaired) electrons. The van der Waals surface area contributed by atoms with Crippen molar-refractivity contribution in [1.82, 2.24) is 10.3 Å². The fourth-order valence-electron chi connectivity index (χ4n) is 0.968. The van der Waals surface area contributed by atoms with Gasteiger partial charge in [-0.15, -0.1) is 0 Å². The summed E-state index contributed by atoms with van der Waals surface area (Å²) in [5.74, 6) is 0.583. The quantitative estimate of drug-likeness (QED) is 0.813. The molecule has 0 amide bonds. The summed E-state index contributed by atoms with van der Waals surface area (Å²) in [6.07, 6.45) is 1.70. The topological polar surface area (TPSA) is 50.9 Å². The highest BCUT2D eigenvalue weighted by atomic mass is 79.9. The molecular weight excluding hydrogens is 218 g/mol. The molecule has 0 spiro atoms. The fraction of sp³-hybridized carbons (Fsp3) is 0.375. The lowest BCUT2D eigenvalue weighted by atomic mass is 10.1. The lowest BCUT2D eigenvalue weighted by Gasteiger charge is -2.12. The molecule has 0 aliphatic carbocycles. The van der Waals surface area contributed by atoms with Crippen molar-refractivity contribution in [3.8, 4) is 0 Å². The highest BCUT2D eigenvalue weighted by Gasteiger charge is 2.07. The Morgan fingerprint density at radius 1 is 1.67 bits per heavy atom. The maximum absolute atomic E-state index is 5.69. The molecule has 1 aromatic heterocycles. The average Bonchev–Trinajstić information content (AvgIpc) is 2.08. The van der Waals surface area contributed by atoms with Gasteiger partial charge in [0.05, 0.1) is 0 Å². The molecule has 0 unspecified atom stereocenters. The summed E-state index contributed by atoms with van der Waals surface area (Å²) in [4.78, 5) is 4.04. The van der Waals surface area contributed by atoms with E-state index in [4.69, 9.17) is 5.73 Å². The molecule has 12 heavy (non-hydrogen) atoms. The normalized spacial score (nSPS) is 12.9. The van der Waals surface area contributed by atoms with E-state index < -0.39 is 0 Å². The number of pyridine rings is 1. The zero-order chi connectivity index (χ0) is 9.14. The van der Waals surface area contributed by atoms with E-state index in [0.717, 1.165) is 10.0 Å². The Balaban J connectivity index is 3.04. The van der Waals surface area contributed by atoms with Gasteiger partial charge in [-0.25, -0.2) is 4.98 Å². The molecule has 0 aliphatic heterocycles. The van der Waals surface area contributed by atoms with Crippen LogP contribution in [0.1, 0.15) is 18.5 Å². The third-order valence-corrected chi connectivity index (χ3v) is 2.25. The van der Waals surface area contributed by atoms with Gasteiger partial charge in [-0.3, -0.25) is 0 Å². The predicted molar refractivity (Wildman–Crippen MR) is 53.8 cm³/mol. The van der Waals surface area contributed by atoms with Crippen molar-refractivity contribution in [1.29, 1.82) is 0 Å². The molecule has 0 saturated carbocycles. The average molecular weight is 230 g/mol. The maximum atomic E-state index is 5.69. The second-order valence-corrected chi connectivity index (χ2v) is 3.55. The van der Waals surface area contributed by atoms with Crippen LogP contribution < -0.4 is 11.1 Å². The SMILES string of the molecule is CN[C@@H](C)c1cc(Br)cnc1N. The van der Waals surface area contributed by atoms with Crippen molar-refractivity contribution < 1.29 is 0 Å². The molecule has 1 atom stereocenters. The van der Waals surface area contributed by atoms with Gasteiger partial charge in [-0.2, -0.15) is 0 Å². The van der Waals surface area contributed by atoms with Crippen LogP contribution in [0.2, 0.25) is 0 Å². The summed E-state index contributed by atoms with van der Waals surface area (Å²) in [6, 6.07) is 2.21. The standard InChI is InChI=1S/C8H12BrN3/c1-5(11-2)7-3-6(9)4-12-8(7)10/h3-5,11H,1-2H3,(H2,10,12)/t5-/m0/s1. The van der Waals surface area contributed by atoms with Crippen LogP contribution in [0, 0.1) is 0 Å². The molecule has 0 fully saturated rings. The summed E-state index contributed by atoms with van der Waals surface area (Å²) in [6.45, 7) is 2.04. The first-order chi connectivity index (χ1) is 5.65. The Morgan fingerprint density at radius 3 is 2.92 bits per heavy atom. The van der Waals surface area contributed by atoms with Crippen LogP contribution in [0.3, 0.4) is 0 Å². The monoisotopic (exact) mass is 229 g/mol. The van der Waals surface area contributed by atoms with Crippen molar-refractivity contribution in [2.24, 2.45) is 0 Å². The lowest BCUT2D eigenvalue weighted by molar-refractivity contribution is 0.651. The first kappa shape index (κ1) is 9.48. The number of hydrogen-bond acceptors (Lipinski definition) is 3. The summed E-state index contributed by atoms with van der Waals surface area (Å²) < 4.78 is 0.953. The Bertz CT molecular complexity index is 275. The Labute approximate surface area is 80.5 Å². The number of nitrogens with zero attached hydrogens (tertiary/aromatic N) is 1. The Hall–Kier alpha value is -0.610. The number of hydrogen-bond donors (Lipinski definition) is 2. The van der Waals surface area contributed by atoms with Crippen LogP contribution in [0.15, 0.2) is 16.7 Å². The summed E-state index contributed by atoms with van der Waals surface area (Å²) in [5.41, 5.74) is 6.71. The van der Waals surface area contributed by atoms with E-state index in [9.17, 15) is 0 Å². The van der Waals surface area contributed by atoms with Gasteiger partial charge in [0.15, 0.2) is 0 Å². The molecule has 0 aliphatic rings. The molecule has 4 heteroatoms. The van der Waals surface area contributed by atoms with E-state index in [-0.39, 0.29) is 6.04 Å². The van der Waals surface area contributed by atoms with Crippen LogP contribution >= 0.6 is 15.9 Å². The van der Waals surface area contributed by atoms with Gasteiger partial charge in [0.25, 0.3) is 0 Å². The second-order valence-electron chi connectivity index (χ2n) is 2.64. The highest BCUT2D eigenvalue weighted by molar-refractivity contribution is 9.10. The van der Waals surface area contributed by atoms with E-state index in [1.807, 2.05) is 20.0 Å². The van der Waals surface area contributed by atoms with Crippen LogP contribution in [-0.4, -0.2) is 12.0 Å². The van der Waals surface area contributed by atoms with Gasteiger partial charge in [-0.05, 0) is 36.0 Å². The fourth-order valence-corrected chi connectivity index (χ4v) is 1.32. The predicted octanol–water partition coefficient (Wildman–Crippen LogP) is 1.71. The van der Waals surface area contributed by atoms with Gasteiger partial charge < -0.3 is 11.1 Å². The van der Waals surface area contributed by atoms with E-state index in [2.05, 4.69) is 26.2 Å². The number of rotatable bonds is 2. The third-order valence-electron chi connectivity index (χ3n) is 1.82.